The molecule has 0 heterocycles. The van der Waals surface area contributed by atoms with Crippen LogP contribution in [0.2, 0.25) is 5.02 Å². The molecule has 0 saturated carbocycles. The Labute approximate surface area is 135 Å². The van der Waals surface area contributed by atoms with Gasteiger partial charge >= 0.3 is 6.03 Å². The van der Waals surface area contributed by atoms with Crippen LogP contribution in [-0.2, 0) is 4.79 Å². The third-order valence-corrected chi connectivity index (χ3v) is 2.99. The van der Waals surface area contributed by atoms with E-state index in [2.05, 4.69) is 10.6 Å². The van der Waals surface area contributed by atoms with Crippen LogP contribution in [-0.4, -0.2) is 50.1 Å². The Hall–Kier alpha value is -1.79. The molecule has 0 radical (unpaired) electrons. The van der Waals surface area contributed by atoms with Gasteiger partial charge in [-0.2, -0.15) is 0 Å². The number of nitrogens with one attached hydrogen (secondary N) is 2. The molecule has 1 aromatic rings. The maximum Gasteiger partial charge on any atom is 0.321 e. The maximum absolute atomic E-state index is 11.6. The first-order valence-corrected chi connectivity index (χ1v) is 7.53. The summed E-state index contributed by atoms with van der Waals surface area (Å²) in [6, 6.07) is 6.75. The summed E-state index contributed by atoms with van der Waals surface area (Å²) >= 11 is 5.86. The highest BCUT2D eigenvalue weighted by Gasteiger charge is 2.09. The van der Waals surface area contributed by atoms with Gasteiger partial charge in [-0.25, -0.2) is 4.79 Å². The van der Waals surface area contributed by atoms with Crippen LogP contribution in [0, 0.1) is 0 Å². The van der Waals surface area contributed by atoms with Crippen molar-refractivity contribution in [3.8, 4) is 5.75 Å². The Morgan fingerprint density at radius 1 is 1.36 bits per heavy atom. The van der Waals surface area contributed by atoms with Gasteiger partial charge in [-0.1, -0.05) is 17.7 Å². The number of likely N-dealkylation sites (N-methyl/N-ethyl adjacent to an activating group) is 1. The average molecular weight is 328 g/mol. The summed E-state index contributed by atoms with van der Waals surface area (Å²) in [6.07, 6.45) is 0.761. The first kappa shape index (κ1) is 18.3. The fourth-order valence-corrected chi connectivity index (χ4v) is 1.96. The quantitative estimate of drug-likeness (QED) is 0.715. The van der Waals surface area contributed by atoms with Gasteiger partial charge < -0.3 is 10.1 Å². The molecule has 0 saturated heterocycles. The summed E-state index contributed by atoms with van der Waals surface area (Å²) < 4.78 is 5.56. The predicted octanol–water partition coefficient (Wildman–Crippen LogP) is 1.89. The van der Waals surface area contributed by atoms with Crippen molar-refractivity contribution in [3.05, 3.63) is 29.3 Å². The van der Waals surface area contributed by atoms with Gasteiger partial charge in [0.15, 0.2) is 0 Å². The van der Waals surface area contributed by atoms with Crippen LogP contribution in [0.3, 0.4) is 0 Å². The number of amides is 3. The summed E-state index contributed by atoms with van der Waals surface area (Å²) in [6.45, 7) is 3.65. The molecule has 7 heteroatoms. The highest BCUT2D eigenvalue weighted by Crippen LogP contribution is 2.17. The summed E-state index contributed by atoms with van der Waals surface area (Å²) in [5, 5.41) is 5.40. The molecule has 0 unspecified atom stereocenters. The zero-order chi connectivity index (χ0) is 16.4. The van der Waals surface area contributed by atoms with Gasteiger partial charge in [0.1, 0.15) is 5.75 Å². The second-order valence-corrected chi connectivity index (χ2v) is 5.24. The van der Waals surface area contributed by atoms with Gasteiger partial charge in [0.2, 0.25) is 5.91 Å². The monoisotopic (exact) mass is 327 g/mol. The van der Waals surface area contributed by atoms with Gasteiger partial charge in [0.25, 0.3) is 0 Å². The predicted molar refractivity (Wildman–Crippen MR) is 86.3 cm³/mol. The molecule has 0 aliphatic carbocycles. The number of urea groups is 1. The molecule has 122 valence electrons. The number of nitrogens with zero attached hydrogens (tertiary/aromatic N) is 1. The minimum Gasteiger partial charge on any atom is -0.493 e. The minimum atomic E-state index is -0.467. The van der Waals surface area contributed by atoms with E-state index in [1.165, 1.54) is 0 Å². The van der Waals surface area contributed by atoms with Crippen LogP contribution >= 0.6 is 11.6 Å². The first-order chi connectivity index (χ1) is 10.5. The molecule has 0 aromatic heterocycles. The van der Waals surface area contributed by atoms with Crippen LogP contribution in [0.25, 0.3) is 0 Å². The molecule has 0 aliphatic heterocycles. The Kier molecular flexibility index (Phi) is 8.32. The van der Waals surface area contributed by atoms with Gasteiger partial charge in [0, 0.05) is 18.1 Å². The summed E-state index contributed by atoms with van der Waals surface area (Å²) in [5.41, 5.74) is 0. The van der Waals surface area contributed by atoms with Gasteiger partial charge in [-0.15, -0.1) is 0 Å². The Morgan fingerprint density at radius 2 is 2.14 bits per heavy atom. The largest absolute Gasteiger partial charge is 0.493 e. The molecular formula is C15H22ClN3O3. The van der Waals surface area contributed by atoms with Crippen molar-refractivity contribution in [2.45, 2.75) is 13.3 Å². The number of ether oxygens (including phenoxy) is 1. The maximum atomic E-state index is 11.6. The van der Waals surface area contributed by atoms with Crippen molar-refractivity contribution in [3.63, 3.8) is 0 Å². The summed E-state index contributed by atoms with van der Waals surface area (Å²) in [5.74, 6) is 0.397. The molecule has 0 atom stereocenters. The van der Waals surface area contributed by atoms with E-state index in [1.807, 2.05) is 24.1 Å². The zero-order valence-corrected chi connectivity index (χ0v) is 13.7. The standard InChI is InChI=1S/C15H22ClN3O3/c1-3-17-15(21)18-14(20)11-19(2)8-5-9-22-13-7-4-6-12(16)10-13/h4,6-7,10H,3,5,8-9,11H2,1-2H3,(H2,17,18,20,21). The van der Waals surface area contributed by atoms with E-state index in [-0.39, 0.29) is 12.5 Å². The molecule has 1 aromatic carbocycles. The zero-order valence-electron chi connectivity index (χ0n) is 12.9. The molecule has 3 amide bonds. The van der Waals surface area contributed by atoms with E-state index in [4.69, 9.17) is 16.3 Å². The van der Waals surface area contributed by atoms with E-state index in [1.54, 1.807) is 19.1 Å². The second kappa shape index (κ2) is 10.0. The number of imide groups is 1. The van der Waals surface area contributed by atoms with Crippen molar-refractivity contribution in [1.82, 2.24) is 15.5 Å². The Bertz CT molecular complexity index is 497. The van der Waals surface area contributed by atoms with Crippen LogP contribution < -0.4 is 15.4 Å². The van der Waals surface area contributed by atoms with Crippen molar-refractivity contribution >= 4 is 23.5 Å². The molecule has 0 fully saturated rings. The van der Waals surface area contributed by atoms with Crippen LogP contribution in [0.15, 0.2) is 24.3 Å². The molecule has 0 aliphatic rings. The third kappa shape index (κ3) is 7.85. The number of rotatable bonds is 8. The van der Waals surface area contributed by atoms with E-state index in [0.717, 1.165) is 12.2 Å². The molecule has 6 nitrogen and oxygen atoms in total. The first-order valence-electron chi connectivity index (χ1n) is 7.16. The van der Waals surface area contributed by atoms with Crippen molar-refractivity contribution in [2.24, 2.45) is 0 Å². The second-order valence-electron chi connectivity index (χ2n) is 4.80. The van der Waals surface area contributed by atoms with Crippen molar-refractivity contribution < 1.29 is 14.3 Å². The number of hydrogen-bond acceptors (Lipinski definition) is 4. The molecule has 0 bridgehead atoms. The lowest BCUT2D eigenvalue weighted by atomic mass is 10.3. The SMILES string of the molecule is CCNC(=O)NC(=O)CN(C)CCCOc1cccc(Cl)c1. The van der Waals surface area contributed by atoms with Gasteiger partial charge in [0.05, 0.1) is 13.2 Å². The van der Waals surface area contributed by atoms with Crippen LogP contribution in [0.5, 0.6) is 5.75 Å². The number of carbonyl (C=O) groups is 2. The van der Waals surface area contributed by atoms with Gasteiger partial charge in [-0.3, -0.25) is 15.0 Å². The lowest BCUT2D eigenvalue weighted by molar-refractivity contribution is -0.120. The highest BCUT2D eigenvalue weighted by molar-refractivity contribution is 6.30. The number of benzene rings is 1. The molecule has 22 heavy (non-hydrogen) atoms. The Morgan fingerprint density at radius 3 is 2.82 bits per heavy atom. The fraction of sp³-hybridized carbons (Fsp3) is 0.467. The van der Waals surface area contributed by atoms with E-state index < -0.39 is 6.03 Å². The number of carbonyl (C=O) groups excluding carboxylic acids is 2. The number of halogens is 1. The average Bonchev–Trinajstić information content (AvgIpc) is 2.43. The van der Waals surface area contributed by atoms with Crippen LogP contribution in [0.1, 0.15) is 13.3 Å². The summed E-state index contributed by atoms with van der Waals surface area (Å²) in [7, 11) is 1.82. The summed E-state index contributed by atoms with van der Waals surface area (Å²) in [4.78, 5) is 24.6. The normalized spacial score (nSPS) is 10.4. The van der Waals surface area contributed by atoms with E-state index in [9.17, 15) is 9.59 Å². The molecule has 0 spiro atoms. The number of hydrogen-bond donors (Lipinski definition) is 2. The van der Waals surface area contributed by atoms with E-state index in [0.29, 0.717) is 24.7 Å². The smallest absolute Gasteiger partial charge is 0.321 e. The molecular weight excluding hydrogens is 306 g/mol. The minimum absolute atomic E-state index is 0.161. The highest BCUT2D eigenvalue weighted by atomic mass is 35.5. The third-order valence-electron chi connectivity index (χ3n) is 2.75. The van der Waals surface area contributed by atoms with Crippen LogP contribution in [0.4, 0.5) is 4.79 Å². The topological polar surface area (TPSA) is 70.7 Å². The van der Waals surface area contributed by atoms with Crippen molar-refractivity contribution in [1.29, 1.82) is 0 Å². The van der Waals surface area contributed by atoms with E-state index >= 15 is 0 Å². The Balaban J connectivity index is 2.16. The molecule has 1 rings (SSSR count). The fourth-order valence-electron chi connectivity index (χ4n) is 1.78. The molecule has 2 N–H and O–H groups in total. The lowest BCUT2D eigenvalue weighted by Crippen LogP contribution is -2.43. The van der Waals surface area contributed by atoms with Gasteiger partial charge in [-0.05, 0) is 38.6 Å². The van der Waals surface area contributed by atoms with Crippen molar-refractivity contribution in [2.75, 3.05) is 33.3 Å². The lowest BCUT2D eigenvalue weighted by Gasteiger charge is -2.16.